The Hall–Kier alpha value is -1.24. The lowest BCUT2D eigenvalue weighted by atomic mass is 10.2. The third-order valence-electron chi connectivity index (χ3n) is 1.62. The lowest BCUT2D eigenvalue weighted by Crippen LogP contribution is -2.08. The van der Waals surface area contributed by atoms with E-state index in [4.69, 9.17) is 5.73 Å². The molecule has 0 aliphatic heterocycles. The maximum atomic E-state index is 12.5. The van der Waals surface area contributed by atoms with Crippen LogP contribution in [-0.2, 0) is 4.74 Å². The molecule has 0 radical (unpaired) electrons. The highest BCUT2D eigenvalue weighted by Gasteiger charge is 2.21. The number of hydrogen-bond acceptors (Lipinski definition) is 4. The summed E-state index contributed by atoms with van der Waals surface area (Å²) in [5.41, 5.74) is 4.64. The zero-order chi connectivity index (χ0) is 11.6. The Labute approximate surface area is 92.6 Å². The number of halogens is 3. The minimum atomic E-state index is -2.81. The molecular weight excluding hydrogens is 274 g/mol. The quantitative estimate of drug-likeness (QED) is 0.843. The molecule has 0 saturated heterocycles. The topological polar surface area (TPSA) is 65.2 Å². The van der Waals surface area contributed by atoms with Crippen LogP contribution in [0.1, 0.15) is 22.5 Å². The van der Waals surface area contributed by atoms with Gasteiger partial charge in [0.2, 0.25) is 0 Å². The number of hydrogen-bond donors (Lipinski definition) is 1. The first-order chi connectivity index (χ1) is 6.97. The van der Waals surface area contributed by atoms with Gasteiger partial charge in [-0.1, -0.05) is 0 Å². The molecule has 2 N–H and O–H groups in total. The van der Waals surface area contributed by atoms with Crippen molar-refractivity contribution >= 4 is 27.7 Å². The molecule has 0 bridgehead atoms. The van der Waals surface area contributed by atoms with Gasteiger partial charge in [-0.25, -0.2) is 18.6 Å². The van der Waals surface area contributed by atoms with E-state index in [1.165, 1.54) is 6.07 Å². The summed E-state index contributed by atoms with van der Waals surface area (Å²) in [7, 11) is 1.15. The number of carbonyl (C=O) groups excluding carboxylic acids is 1. The molecule has 0 amide bonds. The number of nitrogens with zero attached hydrogens (tertiary/aromatic N) is 1. The second kappa shape index (κ2) is 4.52. The molecule has 0 unspecified atom stereocenters. The number of rotatable bonds is 2. The summed E-state index contributed by atoms with van der Waals surface area (Å²) in [5, 5.41) is 0. The Bertz CT molecular complexity index is 398. The van der Waals surface area contributed by atoms with Crippen LogP contribution in [0.3, 0.4) is 0 Å². The summed E-state index contributed by atoms with van der Waals surface area (Å²) >= 11 is 2.86. The summed E-state index contributed by atoms with van der Waals surface area (Å²) in [6.45, 7) is 0. The number of carbonyl (C=O) groups is 1. The molecule has 15 heavy (non-hydrogen) atoms. The van der Waals surface area contributed by atoms with Crippen LogP contribution in [0, 0.1) is 0 Å². The molecule has 4 nitrogen and oxygen atoms in total. The first kappa shape index (κ1) is 11.8. The van der Waals surface area contributed by atoms with Crippen LogP contribution >= 0.6 is 15.9 Å². The van der Waals surface area contributed by atoms with E-state index in [0.717, 1.165) is 7.11 Å². The number of esters is 1. The molecule has 1 aromatic heterocycles. The normalized spacial score (nSPS) is 10.5. The van der Waals surface area contributed by atoms with E-state index in [1.807, 2.05) is 0 Å². The summed E-state index contributed by atoms with van der Waals surface area (Å²) in [4.78, 5) is 14.6. The minimum absolute atomic E-state index is 0.0692. The zero-order valence-corrected chi connectivity index (χ0v) is 9.22. The Morgan fingerprint density at radius 1 is 1.67 bits per heavy atom. The molecule has 82 valence electrons. The summed E-state index contributed by atoms with van der Waals surface area (Å²) < 4.78 is 29.2. The van der Waals surface area contributed by atoms with E-state index < -0.39 is 18.1 Å². The summed E-state index contributed by atoms with van der Waals surface area (Å²) in [6.07, 6.45) is -2.81. The van der Waals surface area contributed by atoms with Crippen molar-refractivity contribution in [3.63, 3.8) is 0 Å². The van der Waals surface area contributed by atoms with E-state index in [0.29, 0.717) is 0 Å². The first-order valence-electron chi connectivity index (χ1n) is 3.79. The summed E-state index contributed by atoms with van der Waals surface area (Å²) in [5.74, 6) is -0.910. The highest BCUT2D eigenvalue weighted by atomic mass is 79.9. The highest BCUT2D eigenvalue weighted by Crippen LogP contribution is 2.30. The molecule has 0 fully saturated rings. The van der Waals surface area contributed by atoms with Crippen LogP contribution in [0.2, 0.25) is 0 Å². The molecule has 7 heteroatoms. The van der Waals surface area contributed by atoms with Gasteiger partial charge in [0.25, 0.3) is 6.43 Å². The van der Waals surface area contributed by atoms with Crippen LogP contribution in [0.4, 0.5) is 14.6 Å². The lowest BCUT2D eigenvalue weighted by Gasteiger charge is -2.08. The van der Waals surface area contributed by atoms with Gasteiger partial charge >= 0.3 is 5.97 Å². The first-order valence-corrected chi connectivity index (χ1v) is 4.59. The monoisotopic (exact) mass is 280 g/mol. The van der Waals surface area contributed by atoms with Gasteiger partial charge in [-0.05, 0) is 22.0 Å². The smallest absolute Gasteiger partial charge is 0.339 e. The summed E-state index contributed by atoms with van der Waals surface area (Å²) in [6, 6.07) is 1.17. The maximum absolute atomic E-state index is 12.5. The van der Waals surface area contributed by atoms with E-state index >= 15 is 0 Å². The molecule has 0 saturated carbocycles. The van der Waals surface area contributed by atoms with Crippen LogP contribution in [0.5, 0.6) is 0 Å². The van der Waals surface area contributed by atoms with Crippen molar-refractivity contribution in [1.29, 1.82) is 0 Å². The van der Waals surface area contributed by atoms with Gasteiger partial charge in [-0.15, -0.1) is 0 Å². The van der Waals surface area contributed by atoms with Gasteiger partial charge in [0.15, 0.2) is 0 Å². The van der Waals surface area contributed by atoms with E-state index in [2.05, 4.69) is 25.7 Å². The third-order valence-corrected chi connectivity index (χ3v) is 2.45. The molecule has 1 aromatic rings. The largest absolute Gasteiger partial charge is 0.465 e. The van der Waals surface area contributed by atoms with Crippen molar-refractivity contribution in [3.8, 4) is 0 Å². The van der Waals surface area contributed by atoms with Crippen LogP contribution in [0.25, 0.3) is 0 Å². The van der Waals surface area contributed by atoms with Gasteiger partial charge in [-0.2, -0.15) is 0 Å². The van der Waals surface area contributed by atoms with Crippen LogP contribution in [-0.4, -0.2) is 18.1 Å². The number of aromatic nitrogens is 1. The highest BCUT2D eigenvalue weighted by molar-refractivity contribution is 9.10. The van der Waals surface area contributed by atoms with Crippen molar-refractivity contribution in [3.05, 3.63) is 21.8 Å². The second-order valence-electron chi connectivity index (χ2n) is 2.59. The van der Waals surface area contributed by atoms with Crippen LogP contribution in [0.15, 0.2) is 10.5 Å². The Morgan fingerprint density at radius 2 is 2.27 bits per heavy atom. The van der Waals surface area contributed by atoms with Crippen LogP contribution < -0.4 is 5.73 Å². The number of methoxy groups -OCH3 is 1. The fraction of sp³-hybridized carbons (Fsp3) is 0.250. The van der Waals surface area contributed by atoms with Gasteiger partial charge in [0.05, 0.1) is 17.1 Å². The van der Waals surface area contributed by atoms with E-state index in [9.17, 15) is 13.6 Å². The number of alkyl halides is 2. The van der Waals surface area contributed by atoms with Gasteiger partial charge in [0, 0.05) is 0 Å². The van der Waals surface area contributed by atoms with E-state index in [-0.39, 0.29) is 15.9 Å². The molecule has 0 atom stereocenters. The lowest BCUT2D eigenvalue weighted by molar-refractivity contribution is 0.0599. The fourth-order valence-corrected chi connectivity index (χ4v) is 1.51. The number of anilines is 1. The Morgan fingerprint density at radius 3 is 2.73 bits per heavy atom. The van der Waals surface area contributed by atoms with Crippen molar-refractivity contribution in [2.75, 3.05) is 12.8 Å². The standard InChI is InChI=1S/C8H7BrF2N2O2/c1-15-8(14)3-2-4(12)13-6(5(3)9)7(10)11/h2,7H,1H3,(H2,12,13). The minimum Gasteiger partial charge on any atom is -0.465 e. The SMILES string of the molecule is COC(=O)c1cc(N)nc(C(F)F)c1Br. The van der Waals surface area contributed by atoms with Crippen molar-refractivity contribution in [2.24, 2.45) is 0 Å². The van der Waals surface area contributed by atoms with Crippen molar-refractivity contribution in [1.82, 2.24) is 4.98 Å². The number of ether oxygens (including phenoxy) is 1. The predicted octanol–water partition coefficient (Wildman–Crippen LogP) is 2.15. The molecule has 0 aliphatic carbocycles. The molecule has 0 aromatic carbocycles. The molecule has 0 aliphatic rings. The van der Waals surface area contributed by atoms with Gasteiger partial charge in [0.1, 0.15) is 11.5 Å². The number of nitrogen functional groups attached to an aromatic ring is 1. The maximum Gasteiger partial charge on any atom is 0.339 e. The molecule has 1 heterocycles. The molecule has 0 spiro atoms. The van der Waals surface area contributed by atoms with Crippen molar-refractivity contribution in [2.45, 2.75) is 6.43 Å². The average molecular weight is 281 g/mol. The van der Waals surface area contributed by atoms with Gasteiger partial charge in [-0.3, -0.25) is 0 Å². The predicted molar refractivity (Wildman–Crippen MR) is 52.6 cm³/mol. The Kier molecular flexibility index (Phi) is 3.57. The fourth-order valence-electron chi connectivity index (χ4n) is 0.973. The van der Waals surface area contributed by atoms with Crippen molar-refractivity contribution < 1.29 is 18.3 Å². The number of pyridine rings is 1. The Balaban J connectivity index is 3.34. The second-order valence-corrected chi connectivity index (χ2v) is 3.38. The van der Waals surface area contributed by atoms with Gasteiger partial charge < -0.3 is 10.5 Å². The zero-order valence-electron chi connectivity index (χ0n) is 7.63. The third kappa shape index (κ3) is 2.41. The van der Waals surface area contributed by atoms with E-state index in [1.54, 1.807) is 0 Å². The molecular formula is C8H7BrF2N2O2. The number of nitrogens with two attached hydrogens (primary N) is 1. The molecule has 1 rings (SSSR count). The average Bonchev–Trinajstić information content (AvgIpc) is 2.19.